The first kappa shape index (κ1) is 11.0. The second-order valence-electron chi connectivity index (χ2n) is 3.33. The number of hydrogen-bond donors (Lipinski definition) is 2. The quantitative estimate of drug-likeness (QED) is 0.853. The minimum absolute atomic E-state index is 0.120. The van der Waals surface area contributed by atoms with E-state index in [-0.39, 0.29) is 6.42 Å². The predicted molar refractivity (Wildman–Crippen MR) is 60.0 cm³/mol. The third kappa shape index (κ3) is 2.20. The lowest BCUT2D eigenvalue weighted by Gasteiger charge is -2.00. The molecule has 0 amide bonds. The minimum Gasteiger partial charge on any atom is -0.480 e. The third-order valence-corrected chi connectivity index (χ3v) is 2.53. The van der Waals surface area contributed by atoms with Crippen molar-refractivity contribution in [2.75, 3.05) is 0 Å². The van der Waals surface area contributed by atoms with Gasteiger partial charge in [-0.2, -0.15) is 5.10 Å². The molecule has 0 aliphatic rings. The maximum Gasteiger partial charge on any atom is 0.320 e. The minimum atomic E-state index is -1.06. The summed E-state index contributed by atoms with van der Waals surface area (Å²) in [5, 5.41) is 12.8. The van der Waals surface area contributed by atoms with Gasteiger partial charge >= 0.3 is 5.97 Å². The Kier molecular flexibility index (Phi) is 2.88. The molecule has 0 aromatic carbocycles. The molecule has 7 heteroatoms. The summed E-state index contributed by atoms with van der Waals surface area (Å²) >= 11 is 3.31. The number of carboxylic acids is 1. The smallest absolute Gasteiger partial charge is 0.320 e. The molecule has 1 atom stereocenters. The summed E-state index contributed by atoms with van der Waals surface area (Å²) < 4.78 is 2.45. The largest absolute Gasteiger partial charge is 0.480 e. The molecular formula is C9H9BrN4O2. The number of nitrogens with zero attached hydrogens (tertiary/aromatic N) is 3. The van der Waals surface area contributed by atoms with Crippen molar-refractivity contribution in [3.63, 3.8) is 0 Å². The summed E-state index contributed by atoms with van der Waals surface area (Å²) in [4.78, 5) is 14.7. The molecule has 0 aliphatic heterocycles. The number of nitrogens with two attached hydrogens (primary N) is 1. The number of halogens is 1. The maximum atomic E-state index is 10.6. The number of aromatic nitrogens is 3. The van der Waals surface area contributed by atoms with E-state index in [0.717, 1.165) is 4.47 Å². The van der Waals surface area contributed by atoms with Crippen molar-refractivity contribution < 1.29 is 9.90 Å². The molecule has 3 N–H and O–H groups in total. The molecular weight excluding hydrogens is 276 g/mol. The van der Waals surface area contributed by atoms with Crippen LogP contribution in [0.5, 0.6) is 0 Å². The van der Waals surface area contributed by atoms with E-state index in [1.807, 2.05) is 6.07 Å². The van der Waals surface area contributed by atoms with E-state index in [9.17, 15) is 4.79 Å². The van der Waals surface area contributed by atoms with Gasteiger partial charge in [0.15, 0.2) is 11.5 Å². The van der Waals surface area contributed by atoms with Gasteiger partial charge in [0.05, 0.1) is 0 Å². The number of rotatable bonds is 3. The first-order valence-electron chi connectivity index (χ1n) is 4.55. The lowest BCUT2D eigenvalue weighted by molar-refractivity contribution is -0.138. The Morgan fingerprint density at radius 2 is 2.38 bits per heavy atom. The Morgan fingerprint density at radius 3 is 3.06 bits per heavy atom. The lowest BCUT2D eigenvalue weighted by Crippen LogP contribution is -2.32. The van der Waals surface area contributed by atoms with Crippen LogP contribution in [-0.4, -0.2) is 31.7 Å². The van der Waals surface area contributed by atoms with Crippen LogP contribution >= 0.6 is 15.9 Å². The van der Waals surface area contributed by atoms with Crippen LogP contribution in [0.1, 0.15) is 5.82 Å². The Hall–Kier alpha value is -1.47. The summed E-state index contributed by atoms with van der Waals surface area (Å²) in [6, 6.07) is 2.65. The van der Waals surface area contributed by atoms with E-state index in [1.54, 1.807) is 16.8 Å². The zero-order valence-corrected chi connectivity index (χ0v) is 9.75. The Labute approximate surface area is 99.2 Å². The third-order valence-electron chi connectivity index (χ3n) is 2.06. The van der Waals surface area contributed by atoms with Gasteiger partial charge in [-0.25, -0.2) is 9.50 Å². The van der Waals surface area contributed by atoms with Crippen LogP contribution in [0.4, 0.5) is 0 Å². The molecule has 0 saturated carbocycles. The highest BCUT2D eigenvalue weighted by Crippen LogP contribution is 2.10. The van der Waals surface area contributed by atoms with Crippen LogP contribution in [0.15, 0.2) is 22.8 Å². The molecule has 0 bridgehead atoms. The fourth-order valence-corrected chi connectivity index (χ4v) is 1.60. The molecule has 2 rings (SSSR count). The van der Waals surface area contributed by atoms with Gasteiger partial charge in [-0.1, -0.05) is 0 Å². The van der Waals surface area contributed by atoms with E-state index in [0.29, 0.717) is 11.5 Å². The topological polar surface area (TPSA) is 93.5 Å². The van der Waals surface area contributed by atoms with Crippen LogP contribution in [0.25, 0.3) is 5.65 Å². The zero-order valence-electron chi connectivity index (χ0n) is 8.17. The average molecular weight is 285 g/mol. The van der Waals surface area contributed by atoms with Crippen molar-refractivity contribution in [1.82, 2.24) is 14.6 Å². The molecule has 84 valence electrons. The van der Waals surface area contributed by atoms with E-state index < -0.39 is 12.0 Å². The fraction of sp³-hybridized carbons (Fsp3) is 0.222. The molecule has 0 saturated heterocycles. The van der Waals surface area contributed by atoms with Crippen LogP contribution in [-0.2, 0) is 11.2 Å². The maximum absolute atomic E-state index is 10.6. The van der Waals surface area contributed by atoms with E-state index in [2.05, 4.69) is 26.0 Å². The predicted octanol–water partition coefficient (Wildman–Crippen LogP) is 0.446. The van der Waals surface area contributed by atoms with Crippen molar-refractivity contribution in [3.05, 3.63) is 28.6 Å². The van der Waals surface area contributed by atoms with E-state index >= 15 is 0 Å². The Morgan fingerprint density at radius 1 is 1.62 bits per heavy atom. The van der Waals surface area contributed by atoms with Gasteiger partial charge in [-0.05, 0) is 28.1 Å². The van der Waals surface area contributed by atoms with Gasteiger partial charge in [0.25, 0.3) is 0 Å². The number of pyridine rings is 1. The number of fused-ring (bicyclic) bond motifs is 1. The Balaban J connectivity index is 2.29. The highest BCUT2D eigenvalue weighted by atomic mass is 79.9. The van der Waals surface area contributed by atoms with Crippen LogP contribution in [0, 0.1) is 0 Å². The van der Waals surface area contributed by atoms with Crippen LogP contribution in [0.3, 0.4) is 0 Å². The highest BCUT2D eigenvalue weighted by molar-refractivity contribution is 9.10. The van der Waals surface area contributed by atoms with Crippen molar-refractivity contribution in [2.24, 2.45) is 5.73 Å². The van der Waals surface area contributed by atoms with Gasteiger partial charge in [-0.3, -0.25) is 4.79 Å². The van der Waals surface area contributed by atoms with Gasteiger partial charge < -0.3 is 10.8 Å². The lowest BCUT2D eigenvalue weighted by atomic mass is 10.2. The fourth-order valence-electron chi connectivity index (χ4n) is 1.27. The molecule has 0 spiro atoms. The standard InChI is InChI=1S/C9H9BrN4O2/c10-5-1-2-8-12-7(13-14(8)4-5)3-6(11)9(15)16/h1-2,4,6H,3,11H2,(H,15,16). The molecule has 0 radical (unpaired) electrons. The number of carboxylic acid groups (broad SMARTS) is 1. The Bertz CT molecular complexity index is 539. The second kappa shape index (κ2) is 4.18. The van der Waals surface area contributed by atoms with Crippen molar-refractivity contribution in [1.29, 1.82) is 0 Å². The summed E-state index contributed by atoms with van der Waals surface area (Å²) in [6.07, 6.45) is 1.87. The number of hydrogen-bond acceptors (Lipinski definition) is 4. The molecule has 1 unspecified atom stereocenters. The van der Waals surface area contributed by atoms with E-state index in [4.69, 9.17) is 10.8 Å². The normalized spacial score (nSPS) is 12.9. The number of carbonyl (C=O) groups is 1. The van der Waals surface area contributed by atoms with Gasteiger partial charge in [0.1, 0.15) is 6.04 Å². The van der Waals surface area contributed by atoms with Crippen molar-refractivity contribution in [2.45, 2.75) is 12.5 Å². The van der Waals surface area contributed by atoms with Crippen LogP contribution in [0.2, 0.25) is 0 Å². The SMILES string of the molecule is NC(Cc1nc2ccc(Br)cn2n1)C(=O)O. The van der Waals surface area contributed by atoms with Gasteiger partial charge in [-0.15, -0.1) is 0 Å². The molecule has 0 aliphatic carbocycles. The zero-order chi connectivity index (χ0) is 11.7. The van der Waals surface area contributed by atoms with Crippen molar-refractivity contribution >= 4 is 27.5 Å². The van der Waals surface area contributed by atoms with E-state index in [1.165, 1.54) is 0 Å². The monoisotopic (exact) mass is 284 g/mol. The molecule has 2 aromatic rings. The van der Waals surface area contributed by atoms with Gasteiger partial charge in [0.2, 0.25) is 0 Å². The molecule has 2 aromatic heterocycles. The van der Waals surface area contributed by atoms with Crippen molar-refractivity contribution in [3.8, 4) is 0 Å². The summed E-state index contributed by atoms with van der Waals surface area (Å²) in [7, 11) is 0. The van der Waals surface area contributed by atoms with Gasteiger partial charge in [0, 0.05) is 17.1 Å². The average Bonchev–Trinajstić information content (AvgIpc) is 2.58. The molecule has 2 heterocycles. The molecule has 6 nitrogen and oxygen atoms in total. The first-order chi connectivity index (χ1) is 7.56. The highest BCUT2D eigenvalue weighted by Gasteiger charge is 2.15. The molecule has 0 fully saturated rings. The second-order valence-corrected chi connectivity index (χ2v) is 4.24. The van der Waals surface area contributed by atoms with Crippen LogP contribution < -0.4 is 5.73 Å². The number of aliphatic carboxylic acids is 1. The summed E-state index contributed by atoms with van der Waals surface area (Å²) in [5.41, 5.74) is 6.06. The first-order valence-corrected chi connectivity index (χ1v) is 5.35. The summed E-state index contributed by atoms with van der Waals surface area (Å²) in [6.45, 7) is 0. The summed E-state index contributed by atoms with van der Waals surface area (Å²) in [5.74, 6) is -0.631. The molecule has 16 heavy (non-hydrogen) atoms.